The van der Waals surface area contributed by atoms with E-state index >= 15 is 0 Å². The van der Waals surface area contributed by atoms with Crippen molar-refractivity contribution in [3.05, 3.63) is 97.1 Å². The largest absolute Gasteiger partial charge is 0.505 e. The lowest BCUT2D eigenvalue weighted by atomic mass is 10.1. The van der Waals surface area contributed by atoms with E-state index in [1.807, 2.05) is 0 Å². The van der Waals surface area contributed by atoms with Crippen LogP contribution in [0.1, 0.15) is 6.42 Å². The number of aromatic hydroxyl groups is 1. The number of carboxylic acid groups (broad SMARTS) is 1. The van der Waals surface area contributed by atoms with E-state index in [0.717, 1.165) is 17.7 Å². The average molecular weight is 734 g/mol. The van der Waals surface area contributed by atoms with Crippen molar-refractivity contribution in [3.63, 3.8) is 0 Å². The highest BCUT2D eigenvalue weighted by Gasteiger charge is 2.15. The summed E-state index contributed by atoms with van der Waals surface area (Å²) >= 11 is 1.45. The van der Waals surface area contributed by atoms with Gasteiger partial charge in [0.15, 0.2) is 5.75 Å². The Kier molecular flexibility index (Phi) is 13.9. The number of hydrogen-bond acceptors (Lipinski definition) is 18. The lowest BCUT2D eigenvalue weighted by Crippen LogP contribution is -2.09. The molecule has 5 aromatic rings. The van der Waals surface area contributed by atoms with Crippen LogP contribution in [0.3, 0.4) is 0 Å². The molecule has 5 N–H and O–H groups in total. The molecule has 0 fully saturated rings. The van der Waals surface area contributed by atoms with Crippen molar-refractivity contribution >= 4 is 80.6 Å². The van der Waals surface area contributed by atoms with Crippen LogP contribution in [-0.4, -0.2) is 40.0 Å². The third-order valence-electron chi connectivity index (χ3n) is 6.57. The quantitative estimate of drug-likeness (QED) is 0.0141. The van der Waals surface area contributed by atoms with Crippen LogP contribution >= 0.6 is 24.1 Å². The Morgan fingerprint density at radius 2 is 1.20 bits per heavy atom. The number of carboxylic acids is 1. The number of phenols is 1. The molecule has 0 saturated heterocycles. The smallest absolute Gasteiger partial charge is 0.305 e. The molecule has 0 bridgehead atoms. The Morgan fingerprint density at radius 1 is 0.667 bits per heavy atom. The summed E-state index contributed by atoms with van der Waals surface area (Å²) in [5, 5.41) is 73.6. The van der Waals surface area contributed by atoms with Crippen LogP contribution in [0.4, 0.5) is 39.8 Å². The normalized spacial score (nSPS) is 11.7. The third-order valence-corrected chi connectivity index (χ3v) is 7.78. The van der Waals surface area contributed by atoms with Gasteiger partial charge in [0.25, 0.3) is 0 Å². The highest BCUT2D eigenvalue weighted by Crippen LogP contribution is 2.45. The number of hydrogen-bond donors (Lipinski definition) is 5. The molecule has 0 radical (unpaired) electrons. The van der Waals surface area contributed by atoms with Gasteiger partial charge in [-0.3, -0.25) is 4.79 Å². The fourth-order valence-corrected chi connectivity index (χ4v) is 5.02. The summed E-state index contributed by atoms with van der Waals surface area (Å²) in [4.78, 5) is 11.5. The highest BCUT2D eigenvalue weighted by molar-refractivity contribution is 7.94. The molecule has 0 unspecified atom stereocenters. The fourth-order valence-electron chi connectivity index (χ4n) is 4.17. The zero-order valence-electron chi connectivity index (χ0n) is 26.1. The molecule has 51 heavy (non-hydrogen) atoms. The van der Waals surface area contributed by atoms with Gasteiger partial charge in [0.2, 0.25) is 0 Å². The molecular weight excluding hydrogens is 707 g/mol. The Hall–Kier alpha value is -5.35. The number of benzene rings is 5. The number of aliphatic carboxylic acids is 1. The molecule has 262 valence electrons. The summed E-state index contributed by atoms with van der Waals surface area (Å²) in [5.74, 6) is -1.11. The Morgan fingerprint density at radius 3 is 1.80 bits per heavy atom. The maximum absolute atomic E-state index is 11.2. The van der Waals surface area contributed by atoms with Crippen molar-refractivity contribution in [1.29, 1.82) is 0 Å². The van der Waals surface area contributed by atoms with E-state index in [1.165, 1.54) is 0 Å². The lowest BCUT2D eigenvalue weighted by Gasteiger charge is -2.09. The zero-order valence-corrected chi connectivity index (χ0v) is 27.7. The molecule has 0 aliphatic heterocycles. The predicted octanol–water partition coefficient (Wildman–Crippen LogP) is 10.5. The number of ether oxygens (including phenoxy) is 1. The van der Waals surface area contributed by atoms with E-state index in [9.17, 15) is 9.90 Å². The van der Waals surface area contributed by atoms with Gasteiger partial charge >= 0.3 is 5.97 Å². The van der Waals surface area contributed by atoms with Crippen molar-refractivity contribution in [1.82, 2.24) is 0 Å². The number of nitrogens with zero attached hydrogens (tertiary/aromatic N) is 6. The monoisotopic (exact) mass is 733 g/mol. The van der Waals surface area contributed by atoms with Crippen molar-refractivity contribution in [2.24, 2.45) is 30.7 Å². The first-order valence-corrected chi connectivity index (χ1v) is 16.1. The number of azo groups is 3. The van der Waals surface area contributed by atoms with E-state index < -0.39 is 5.97 Å². The highest BCUT2D eigenvalue weighted by atomic mass is 32.2. The van der Waals surface area contributed by atoms with Gasteiger partial charge in [-0.2, -0.15) is 25.6 Å². The summed E-state index contributed by atoms with van der Waals surface area (Å²) in [5.41, 5.74) is 3.52. The maximum atomic E-state index is 11.2. The van der Waals surface area contributed by atoms with E-state index in [1.54, 1.807) is 97.1 Å². The standard InChI is InChI=1S/C32H27N7O10S2/c40-30(41)15-16-45-19-33-21-1-3-22(4-2-21)36-38-26-11-14-28-20(17-26)18-29(51-49-47-44)31(32(28)42)39-37-24-7-5-23(6-8-24)34-35-25-9-12-27(13-10-25)50-48-46-43/h1-14,17-18,33,42-44H,15-16,19H2,(H,40,41). The van der Waals surface area contributed by atoms with E-state index in [4.69, 9.17) is 20.4 Å². The van der Waals surface area contributed by atoms with Gasteiger partial charge in [-0.15, -0.1) is 13.8 Å². The molecule has 5 rings (SSSR count). The van der Waals surface area contributed by atoms with E-state index in [2.05, 4.69) is 54.7 Å². The van der Waals surface area contributed by atoms with Gasteiger partial charge in [0, 0.05) is 16.0 Å². The minimum Gasteiger partial charge on any atom is -0.505 e. The van der Waals surface area contributed by atoms with Crippen molar-refractivity contribution in [3.8, 4) is 5.75 Å². The molecule has 0 spiro atoms. The van der Waals surface area contributed by atoms with E-state index in [-0.39, 0.29) is 36.1 Å². The van der Waals surface area contributed by atoms with Crippen LogP contribution < -0.4 is 5.32 Å². The third kappa shape index (κ3) is 11.3. The first-order chi connectivity index (χ1) is 24.9. The van der Waals surface area contributed by atoms with Crippen LogP contribution in [0.25, 0.3) is 10.8 Å². The second kappa shape index (κ2) is 19.2. The van der Waals surface area contributed by atoms with Crippen molar-refractivity contribution in [2.45, 2.75) is 16.2 Å². The van der Waals surface area contributed by atoms with E-state index in [0.29, 0.717) is 56.1 Å². The van der Waals surface area contributed by atoms with Crippen LogP contribution in [0.2, 0.25) is 0 Å². The Bertz CT molecular complexity index is 2000. The van der Waals surface area contributed by atoms with Crippen LogP contribution in [0.5, 0.6) is 5.75 Å². The number of phenolic OH excluding ortho intramolecular Hbond substituents is 1. The molecule has 0 aliphatic rings. The summed E-state index contributed by atoms with van der Waals surface area (Å²) in [6, 6.07) is 27.4. The molecule has 0 heterocycles. The summed E-state index contributed by atoms with van der Waals surface area (Å²) < 4.78 is 14.3. The van der Waals surface area contributed by atoms with Gasteiger partial charge in [-0.1, -0.05) is 10.1 Å². The average Bonchev–Trinajstić information content (AvgIpc) is 3.15. The summed E-state index contributed by atoms with van der Waals surface area (Å²) in [6.45, 7) is 0.271. The van der Waals surface area contributed by atoms with Crippen LogP contribution in [-0.2, 0) is 28.3 Å². The fraction of sp³-hybridized carbons (Fsp3) is 0.0938. The molecule has 19 heteroatoms. The first-order valence-electron chi connectivity index (χ1n) is 14.6. The van der Waals surface area contributed by atoms with Crippen LogP contribution in [0.15, 0.2) is 138 Å². The molecule has 5 aromatic carbocycles. The zero-order chi connectivity index (χ0) is 35.8. The maximum Gasteiger partial charge on any atom is 0.305 e. The molecule has 0 amide bonds. The number of nitrogens with one attached hydrogen (secondary N) is 1. The van der Waals surface area contributed by atoms with Crippen molar-refractivity contribution in [2.75, 3.05) is 18.7 Å². The first kappa shape index (κ1) is 36.9. The molecule has 17 nitrogen and oxygen atoms in total. The Labute approximate surface area is 297 Å². The molecule has 0 saturated carbocycles. The minimum atomic E-state index is -0.922. The number of rotatable bonds is 18. The SMILES string of the molecule is O=C(O)CCOCNc1ccc(N=Nc2ccc3c(O)c(N=Nc4ccc(N=Nc5ccc(SOOO)cc5)cc4)c(SOOO)cc3c2)cc1. The van der Waals surface area contributed by atoms with Gasteiger partial charge < -0.3 is 20.3 Å². The van der Waals surface area contributed by atoms with Gasteiger partial charge in [-0.25, -0.2) is 10.5 Å². The predicted molar refractivity (Wildman–Crippen MR) is 185 cm³/mol. The van der Waals surface area contributed by atoms with Gasteiger partial charge in [0.05, 0.1) is 70.4 Å². The lowest BCUT2D eigenvalue weighted by molar-refractivity contribution is -0.432. The molecule has 0 aliphatic carbocycles. The van der Waals surface area contributed by atoms with Crippen LogP contribution in [0, 0.1) is 0 Å². The number of anilines is 1. The number of fused-ring (bicyclic) bond motifs is 1. The topological polar surface area (TPSA) is 230 Å². The Balaban J connectivity index is 1.25. The molecule has 0 atom stereocenters. The number of carbonyl (C=O) groups is 1. The molecular formula is C32H27N7O10S2. The summed E-state index contributed by atoms with van der Waals surface area (Å²) in [7, 11) is 0. The molecule has 0 aromatic heterocycles. The summed E-state index contributed by atoms with van der Waals surface area (Å²) in [6.07, 6.45) is -0.0706. The van der Waals surface area contributed by atoms with Crippen molar-refractivity contribution < 1.29 is 49.0 Å². The second-order valence-electron chi connectivity index (χ2n) is 9.96. The van der Waals surface area contributed by atoms with Gasteiger partial charge in [-0.05, 0) is 102 Å². The van der Waals surface area contributed by atoms with Gasteiger partial charge in [0.1, 0.15) is 12.4 Å². The second-order valence-corrected chi connectivity index (χ2v) is 11.5. The minimum absolute atomic E-state index is 0.0706.